The van der Waals surface area contributed by atoms with E-state index in [0.29, 0.717) is 0 Å². The Morgan fingerprint density at radius 2 is 1.81 bits per heavy atom. The Hall–Kier alpha value is 0.0300. The third-order valence-electron chi connectivity index (χ3n) is 2.19. The van der Waals surface area contributed by atoms with Gasteiger partial charge in [0.25, 0.3) is 7.37 Å². The molecule has 0 radical (unpaired) electrons. The lowest BCUT2D eigenvalue weighted by Crippen LogP contribution is -2.37. The van der Waals surface area contributed by atoms with Gasteiger partial charge in [-0.05, 0) is 20.8 Å². The first-order chi connectivity index (χ1) is 7.33. The van der Waals surface area contributed by atoms with Crippen molar-refractivity contribution in [3.8, 4) is 0 Å². The number of ether oxygens (including phenoxy) is 2. The van der Waals surface area contributed by atoms with E-state index in [1.165, 1.54) is 6.92 Å². The van der Waals surface area contributed by atoms with E-state index in [1.54, 1.807) is 13.8 Å². The average molecular weight is 255 g/mol. The number of nitrogens with two attached hydrogens (primary N) is 1. The largest absolute Gasteiger partial charge is 0.391 e. The lowest BCUT2D eigenvalue weighted by molar-refractivity contribution is -0.167. The van der Waals surface area contributed by atoms with Crippen molar-refractivity contribution in [2.24, 2.45) is 5.73 Å². The second kappa shape index (κ2) is 6.69. The van der Waals surface area contributed by atoms with Crippen LogP contribution in [-0.2, 0) is 14.0 Å². The Kier molecular flexibility index (Phi) is 6.70. The standard InChI is InChI=1S/C9H22NO5P/c1-4-14-9(3,15-5-2)16(12,13)7-8(11)6-10/h8,11H,4-7,10H2,1-3H3,(H,12,13). The summed E-state index contributed by atoms with van der Waals surface area (Å²) in [4.78, 5) is 9.89. The summed E-state index contributed by atoms with van der Waals surface area (Å²) in [5.74, 6) is 0. The molecule has 0 saturated carbocycles. The predicted molar refractivity (Wildman–Crippen MR) is 61.4 cm³/mol. The third-order valence-corrected chi connectivity index (χ3v) is 4.63. The van der Waals surface area contributed by atoms with Crippen molar-refractivity contribution in [1.29, 1.82) is 0 Å². The SMILES string of the molecule is CCOC(C)(OCC)P(=O)(O)CC(O)CN. The summed E-state index contributed by atoms with van der Waals surface area (Å²) < 4.78 is 22.5. The minimum Gasteiger partial charge on any atom is -0.391 e. The molecule has 16 heavy (non-hydrogen) atoms. The summed E-state index contributed by atoms with van der Waals surface area (Å²) in [6, 6.07) is 0. The smallest absolute Gasteiger partial charge is 0.260 e. The Morgan fingerprint density at radius 1 is 1.38 bits per heavy atom. The third kappa shape index (κ3) is 4.13. The Bertz CT molecular complexity index is 242. The van der Waals surface area contributed by atoms with Crippen LogP contribution in [0.15, 0.2) is 0 Å². The molecule has 0 aromatic heterocycles. The molecule has 0 bridgehead atoms. The van der Waals surface area contributed by atoms with E-state index in [4.69, 9.17) is 15.2 Å². The maximum Gasteiger partial charge on any atom is 0.260 e. The fraction of sp³-hybridized carbons (Fsp3) is 1.00. The number of aliphatic hydroxyl groups is 1. The summed E-state index contributed by atoms with van der Waals surface area (Å²) in [6.45, 7) is 5.25. The molecule has 0 heterocycles. The van der Waals surface area contributed by atoms with Gasteiger partial charge in [-0.2, -0.15) is 0 Å². The molecule has 0 aliphatic heterocycles. The zero-order valence-electron chi connectivity index (χ0n) is 10.0. The molecule has 0 rings (SSSR count). The van der Waals surface area contributed by atoms with Crippen molar-refractivity contribution in [3.05, 3.63) is 0 Å². The quantitative estimate of drug-likeness (QED) is 0.426. The molecule has 0 aliphatic carbocycles. The van der Waals surface area contributed by atoms with Crippen LogP contribution in [-0.4, -0.2) is 47.6 Å². The molecule has 0 aliphatic rings. The lowest BCUT2D eigenvalue weighted by atomic mass is 10.4. The van der Waals surface area contributed by atoms with Crippen LogP contribution in [0.2, 0.25) is 0 Å². The number of aliphatic hydroxyl groups excluding tert-OH is 1. The van der Waals surface area contributed by atoms with Gasteiger partial charge in [0.2, 0.25) is 5.53 Å². The highest BCUT2D eigenvalue weighted by Gasteiger charge is 2.46. The molecular formula is C9H22NO5P. The van der Waals surface area contributed by atoms with E-state index in [0.717, 1.165) is 0 Å². The van der Waals surface area contributed by atoms with Crippen molar-refractivity contribution >= 4 is 7.37 Å². The molecule has 0 aromatic rings. The molecule has 0 amide bonds. The van der Waals surface area contributed by atoms with Crippen LogP contribution in [0, 0.1) is 0 Å². The van der Waals surface area contributed by atoms with Crippen LogP contribution in [0.5, 0.6) is 0 Å². The van der Waals surface area contributed by atoms with Gasteiger partial charge in [-0.15, -0.1) is 0 Å². The lowest BCUT2D eigenvalue weighted by Gasteiger charge is -2.34. The highest BCUT2D eigenvalue weighted by atomic mass is 31.2. The van der Waals surface area contributed by atoms with Crippen molar-refractivity contribution in [2.45, 2.75) is 32.4 Å². The van der Waals surface area contributed by atoms with Gasteiger partial charge in [0.05, 0.1) is 12.3 Å². The topological polar surface area (TPSA) is 102 Å². The van der Waals surface area contributed by atoms with Crippen LogP contribution < -0.4 is 5.73 Å². The fourth-order valence-electron chi connectivity index (χ4n) is 1.31. The second-order valence-corrected chi connectivity index (χ2v) is 6.12. The second-order valence-electron chi connectivity index (χ2n) is 3.54. The monoisotopic (exact) mass is 255 g/mol. The molecule has 6 nitrogen and oxygen atoms in total. The zero-order valence-corrected chi connectivity index (χ0v) is 10.9. The molecule has 0 aromatic carbocycles. The summed E-state index contributed by atoms with van der Waals surface area (Å²) in [6.07, 6.45) is -1.36. The van der Waals surface area contributed by atoms with Gasteiger partial charge >= 0.3 is 0 Å². The van der Waals surface area contributed by atoms with E-state index in [-0.39, 0.29) is 25.9 Å². The Morgan fingerprint density at radius 3 is 2.12 bits per heavy atom. The zero-order chi connectivity index (χ0) is 12.8. The molecule has 4 N–H and O–H groups in total. The van der Waals surface area contributed by atoms with Crippen LogP contribution in [0.1, 0.15) is 20.8 Å². The molecule has 98 valence electrons. The molecule has 0 saturated heterocycles. The van der Waals surface area contributed by atoms with Crippen LogP contribution in [0.4, 0.5) is 0 Å². The van der Waals surface area contributed by atoms with Crippen LogP contribution in [0.25, 0.3) is 0 Å². The van der Waals surface area contributed by atoms with Gasteiger partial charge in [-0.25, -0.2) is 0 Å². The summed E-state index contributed by atoms with van der Waals surface area (Å²) in [7, 11) is -3.79. The Labute approximate surface area is 96.2 Å². The minimum atomic E-state index is -3.79. The van der Waals surface area contributed by atoms with E-state index in [2.05, 4.69) is 0 Å². The van der Waals surface area contributed by atoms with Gasteiger partial charge in [0.15, 0.2) is 0 Å². The van der Waals surface area contributed by atoms with E-state index in [1.807, 2.05) is 0 Å². The van der Waals surface area contributed by atoms with E-state index < -0.39 is 19.0 Å². The predicted octanol–water partition coefficient (Wildman–Crippen LogP) is 0.323. The van der Waals surface area contributed by atoms with Gasteiger partial charge in [0, 0.05) is 19.8 Å². The first-order valence-corrected chi connectivity index (χ1v) is 7.15. The Balaban J connectivity index is 4.81. The van der Waals surface area contributed by atoms with Crippen molar-refractivity contribution < 1.29 is 24.0 Å². The van der Waals surface area contributed by atoms with Crippen molar-refractivity contribution in [3.63, 3.8) is 0 Å². The summed E-state index contributed by atoms with van der Waals surface area (Å²) in [5, 5.41) is 9.32. The van der Waals surface area contributed by atoms with Crippen molar-refractivity contribution in [2.75, 3.05) is 25.9 Å². The van der Waals surface area contributed by atoms with Gasteiger partial charge < -0.3 is 25.2 Å². The van der Waals surface area contributed by atoms with Crippen molar-refractivity contribution in [1.82, 2.24) is 0 Å². The van der Waals surface area contributed by atoms with E-state index >= 15 is 0 Å². The molecule has 0 fully saturated rings. The first-order valence-electron chi connectivity index (χ1n) is 5.31. The van der Waals surface area contributed by atoms with Gasteiger partial charge in [0.1, 0.15) is 0 Å². The molecule has 2 atom stereocenters. The number of hydrogen-bond donors (Lipinski definition) is 3. The van der Waals surface area contributed by atoms with E-state index in [9.17, 15) is 14.6 Å². The maximum absolute atomic E-state index is 12.1. The molecule has 7 heteroatoms. The first kappa shape index (κ1) is 16.0. The molecule has 0 spiro atoms. The summed E-state index contributed by atoms with van der Waals surface area (Å²) in [5.41, 5.74) is 3.63. The number of rotatable bonds is 8. The summed E-state index contributed by atoms with van der Waals surface area (Å²) >= 11 is 0. The average Bonchev–Trinajstić information content (AvgIpc) is 2.17. The minimum absolute atomic E-state index is 0.0706. The highest BCUT2D eigenvalue weighted by molar-refractivity contribution is 7.59. The normalized spacial score (nSPS) is 18.1. The fourth-order valence-corrected chi connectivity index (χ4v) is 3.02. The van der Waals surface area contributed by atoms with Gasteiger partial charge in [-0.1, -0.05) is 0 Å². The molecular weight excluding hydrogens is 233 g/mol. The number of hydrogen-bond acceptors (Lipinski definition) is 5. The van der Waals surface area contributed by atoms with Crippen LogP contribution >= 0.6 is 7.37 Å². The molecule has 2 unspecified atom stereocenters. The van der Waals surface area contributed by atoms with Crippen LogP contribution in [0.3, 0.4) is 0 Å². The highest BCUT2D eigenvalue weighted by Crippen LogP contribution is 2.55. The maximum atomic E-state index is 12.1. The van der Waals surface area contributed by atoms with Gasteiger partial charge in [-0.3, -0.25) is 4.57 Å².